The summed E-state index contributed by atoms with van der Waals surface area (Å²) in [4.78, 5) is 20.9. The number of amides is 1. The molecule has 0 bridgehead atoms. The monoisotopic (exact) mass is 333 g/mol. The SMILES string of the molecule is Cc1ccccc1[C@H](NC(=O)c1cc(CO)ccn1)c1ccncc1. The lowest BCUT2D eigenvalue weighted by molar-refractivity contribution is 0.0937. The third kappa shape index (κ3) is 3.89. The largest absolute Gasteiger partial charge is 0.392 e. The van der Waals surface area contributed by atoms with Crippen LogP contribution in [0.5, 0.6) is 0 Å². The number of aliphatic hydroxyl groups excluding tert-OH is 1. The highest BCUT2D eigenvalue weighted by molar-refractivity contribution is 5.93. The van der Waals surface area contributed by atoms with Crippen molar-refractivity contribution in [2.24, 2.45) is 0 Å². The lowest BCUT2D eigenvalue weighted by Gasteiger charge is -2.21. The van der Waals surface area contributed by atoms with Gasteiger partial charge in [-0.05, 0) is 53.4 Å². The quantitative estimate of drug-likeness (QED) is 0.753. The molecule has 126 valence electrons. The predicted molar refractivity (Wildman–Crippen MR) is 94.9 cm³/mol. The molecule has 3 rings (SSSR count). The summed E-state index contributed by atoms with van der Waals surface area (Å²) >= 11 is 0. The smallest absolute Gasteiger partial charge is 0.270 e. The standard InChI is InChI=1S/C20H19N3O2/c1-14-4-2-3-5-17(14)19(16-7-9-21-10-8-16)23-20(25)18-12-15(13-24)6-11-22-18/h2-12,19,24H,13H2,1H3,(H,23,25)/t19-/m1/s1. The van der Waals surface area contributed by atoms with Crippen molar-refractivity contribution in [3.63, 3.8) is 0 Å². The summed E-state index contributed by atoms with van der Waals surface area (Å²) in [6.45, 7) is 1.88. The summed E-state index contributed by atoms with van der Waals surface area (Å²) in [6.07, 6.45) is 4.93. The van der Waals surface area contributed by atoms with Gasteiger partial charge in [-0.3, -0.25) is 14.8 Å². The Balaban J connectivity index is 1.95. The number of aryl methyl sites for hydroxylation is 1. The molecule has 2 aromatic heterocycles. The first-order valence-corrected chi connectivity index (χ1v) is 8.01. The molecule has 2 heterocycles. The Morgan fingerprint density at radius 2 is 1.88 bits per heavy atom. The fraction of sp³-hybridized carbons (Fsp3) is 0.150. The van der Waals surface area contributed by atoms with Gasteiger partial charge in [0.2, 0.25) is 0 Å². The molecule has 0 radical (unpaired) electrons. The van der Waals surface area contributed by atoms with Gasteiger partial charge in [0.05, 0.1) is 12.6 Å². The Morgan fingerprint density at radius 3 is 2.60 bits per heavy atom. The molecular formula is C20H19N3O2. The summed E-state index contributed by atoms with van der Waals surface area (Å²) in [5.41, 5.74) is 3.97. The van der Waals surface area contributed by atoms with Gasteiger partial charge in [-0.15, -0.1) is 0 Å². The molecule has 1 atom stereocenters. The minimum Gasteiger partial charge on any atom is -0.392 e. The van der Waals surface area contributed by atoms with Crippen LogP contribution in [0.2, 0.25) is 0 Å². The van der Waals surface area contributed by atoms with Gasteiger partial charge >= 0.3 is 0 Å². The average Bonchev–Trinajstić information content (AvgIpc) is 2.67. The minimum absolute atomic E-state index is 0.131. The fourth-order valence-corrected chi connectivity index (χ4v) is 2.71. The maximum Gasteiger partial charge on any atom is 0.270 e. The Kier molecular flexibility index (Phi) is 5.16. The van der Waals surface area contributed by atoms with Crippen LogP contribution in [-0.2, 0) is 6.61 Å². The van der Waals surface area contributed by atoms with Crippen molar-refractivity contribution < 1.29 is 9.90 Å². The first-order chi connectivity index (χ1) is 12.2. The zero-order valence-electron chi connectivity index (χ0n) is 13.9. The molecule has 1 aromatic carbocycles. The maximum atomic E-state index is 12.7. The topological polar surface area (TPSA) is 75.1 Å². The van der Waals surface area contributed by atoms with E-state index < -0.39 is 0 Å². The van der Waals surface area contributed by atoms with E-state index in [1.54, 1.807) is 24.5 Å². The van der Waals surface area contributed by atoms with Crippen LogP contribution in [0.4, 0.5) is 0 Å². The molecule has 5 heteroatoms. The number of hydrogen-bond donors (Lipinski definition) is 2. The molecule has 0 unspecified atom stereocenters. The summed E-state index contributed by atoms with van der Waals surface area (Å²) in [7, 11) is 0. The van der Waals surface area contributed by atoms with E-state index in [0.717, 1.165) is 16.7 Å². The Labute approximate surface area is 146 Å². The van der Waals surface area contributed by atoms with E-state index in [9.17, 15) is 9.90 Å². The van der Waals surface area contributed by atoms with Crippen molar-refractivity contribution in [3.05, 3.63) is 95.1 Å². The normalized spacial score (nSPS) is 11.8. The van der Waals surface area contributed by atoms with Crippen LogP contribution in [-0.4, -0.2) is 21.0 Å². The molecular weight excluding hydrogens is 314 g/mol. The van der Waals surface area contributed by atoms with E-state index in [0.29, 0.717) is 5.56 Å². The van der Waals surface area contributed by atoms with E-state index in [-0.39, 0.29) is 24.2 Å². The van der Waals surface area contributed by atoms with Crippen molar-refractivity contribution in [2.45, 2.75) is 19.6 Å². The second kappa shape index (κ2) is 7.68. The van der Waals surface area contributed by atoms with Crippen LogP contribution >= 0.6 is 0 Å². The second-order valence-electron chi connectivity index (χ2n) is 5.75. The highest BCUT2D eigenvalue weighted by atomic mass is 16.3. The number of benzene rings is 1. The molecule has 1 amide bonds. The van der Waals surface area contributed by atoms with Gasteiger partial charge in [0.15, 0.2) is 0 Å². The lowest BCUT2D eigenvalue weighted by Crippen LogP contribution is -2.30. The lowest BCUT2D eigenvalue weighted by atomic mass is 9.95. The molecule has 2 N–H and O–H groups in total. The predicted octanol–water partition coefficient (Wildman–Crippen LogP) is 2.80. The molecule has 0 fully saturated rings. The molecule has 5 nitrogen and oxygen atoms in total. The number of aromatic nitrogens is 2. The summed E-state index contributed by atoms with van der Waals surface area (Å²) in [5, 5.41) is 12.3. The van der Waals surface area contributed by atoms with E-state index in [4.69, 9.17) is 0 Å². The second-order valence-corrected chi connectivity index (χ2v) is 5.75. The number of nitrogens with one attached hydrogen (secondary N) is 1. The first kappa shape index (κ1) is 16.8. The first-order valence-electron chi connectivity index (χ1n) is 8.01. The minimum atomic E-state index is -0.309. The van der Waals surface area contributed by atoms with Gasteiger partial charge < -0.3 is 10.4 Å². The van der Waals surface area contributed by atoms with Gasteiger partial charge in [0, 0.05) is 18.6 Å². The van der Waals surface area contributed by atoms with Gasteiger partial charge in [-0.25, -0.2) is 0 Å². The van der Waals surface area contributed by atoms with Gasteiger partial charge in [-0.2, -0.15) is 0 Å². The highest BCUT2D eigenvalue weighted by Gasteiger charge is 2.20. The number of pyridine rings is 2. The van der Waals surface area contributed by atoms with Crippen LogP contribution in [0.1, 0.15) is 38.8 Å². The summed E-state index contributed by atoms with van der Waals surface area (Å²) in [5.74, 6) is -0.291. The molecule has 0 aliphatic carbocycles. The maximum absolute atomic E-state index is 12.7. The molecule has 0 aliphatic rings. The van der Waals surface area contributed by atoms with E-state index in [1.807, 2.05) is 43.3 Å². The van der Waals surface area contributed by atoms with Crippen molar-refractivity contribution in [1.82, 2.24) is 15.3 Å². The van der Waals surface area contributed by atoms with Crippen LogP contribution in [0.3, 0.4) is 0 Å². The number of aliphatic hydroxyl groups is 1. The van der Waals surface area contributed by atoms with Crippen molar-refractivity contribution in [2.75, 3.05) is 0 Å². The third-order valence-corrected chi connectivity index (χ3v) is 4.05. The zero-order chi connectivity index (χ0) is 17.6. The van der Waals surface area contributed by atoms with Gasteiger partial charge in [0.1, 0.15) is 5.69 Å². The molecule has 25 heavy (non-hydrogen) atoms. The van der Waals surface area contributed by atoms with E-state index in [1.165, 1.54) is 6.20 Å². The molecule has 3 aromatic rings. The number of hydrogen-bond acceptors (Lipinski definition) is 4. The van der Waals surface area contributed by atoms with E-state index in [2.05, 4.69) is 15.3 Å². The van der Waals surface area contributed by atoms with Crippen molar-refractivity contribution in [1.29, 1.82) is 0 Å². The highest BCUT2D eigenvalue weighted by Crippen LogP contribution is 2.24. The molecule has 0 saturated heterocycles. The van der Waals surface area contributed by atoms with Crippen LogP contribution < -0.4 is 5.32 Å². The fourth-order valence-electron chi connectivity index (χ4n) is 2.71. The summed E-state index contributed by atoms with van der Waals surface area (Å²) in [6, 6.07) is 14.7. The zero-order valence-corrected chi connectivity index (χ0v) is 13.9. The average molecular weight is 333 g/mol. The molecule has 0 saturated carbocycles. The van der Waals surface area contributed by atoms with Gasteiger partial charge in [0.25, 0.3) is 5.91 Å². The molecule has 0 aliphatic heterocycles. The Hall–Kier alpha value is -3.05. The molecule has 0 spiro atoms. The van der Waals surface area contributed by atoms with Crippen molar-refractivity contribution in [3.8, 4) is 0 Å². The number of nitrogens with zero attached hydrogens (tertiary/aromatic N) is 2. The van der Waals surface area contributed by atoms with Crippen LogP contribution in [0, 0.1) is 6.92 Å². The Morgan fingerprint density at radius 1 is 1.12 bits per heavy atom. The van der Waals surface area contributed by atoms with Crippen LogP contribution in [0.15, 0.2) is 67.1 Å². The number of carbonyl (C=O) groups excluding carboxylic acids is 1. The van der Waals surface area contributed by atoms with Gasteiger partial charge in [-0.1, -0.05) is 24.3 Å². The summed E-state index contributed by atoms with van der Waals surface area (Å²) < 4.78 is 0. The Bertz CT molecular complexity index is 866. The van der Waals surface area contributed by atoms with Crippen LogP contribution in [0.25, 0.3) is 0 Å². The third-order valence-electron chi connectivity index (χ3n) is 4.05. The van der Waals surface area contributed by atoms with E-state index >= 15 is 0 Å². The number of rotatable bonds is 5. The van der Waals surface area contributed by atoms with Crippen molar-refractivity contribution >= 4 is 5.91 Å². The number of carbonyl (C=O) groups is 1.